The molecule has 29 heteroatoms. The number of nitrogens with zero attached hydrogens (tertiary/aromatic N) is 6. The van der Waals surface area contributed by atoms with Crippen LogP contribution in [0.15, 0.2) is 29.3 Å². The Labute approximate surface area is 431 Å². The molecule has 0 spiro atoms. The molecular formula is C42H63FN12O15Y-2. The van der Waals surface area contributed by atoms with E-state index in [0.717, 1.165) is 32.5 Å². The molecule has 0 bridgehead atoms. The fourth-order valence-electron chi connectivity index (χ4n) is 9.28. The molecule has 6 aliphatic rings. The molecule has 2 saturated carbocycles. The number of aliphatic hydroxyl groups is 6. The molecule has 7 unspecified atom stereocenters. The van der Waals surface area contributed by atoms with Crippen molar-refractivity contribution in [1.29, 1.82) is 0 Å². The smallest absolute Gasteiger partial charge is 0.298 e. The van der Waals surface area contributed by atoms with E-state index >= 15 is 4.39 Å². The Morgan fingerprint density at radius 3 is 2.01 bits per heavy atom. The second kappa shape index (κ2) is 24.2. The molecule has 6 fully saturated rings. The summed E-state index contributed by atoms with van der Waals surface area (Å²) in [7, 11) is 0. The van der Waals surface area contributed by atoms with Gasteiger partial charge in [0.05, 0.1) is 47.6 Å². The number of anilines is 1. The van der Waals surface area contributed by atoms with Crippen LogP contribution < -0.4 is 49.5 Å². The van der Waals surface area contributed by atoms with E-state index in [-0.39, 0.29) is 75.9 Å². The van der Waals surface area contributed by atoms with Gasteiger partial charge in [-0.3, -0.25) is 19.2 Å². The number of fused-ring (bicyclic) bond motifs is 1. The van der Waals surface area contributed by atoms with Gasteiger partial charge in [-0.2, -0.15) is 6.61 Å². The molecule has 6 heterocycles. The predicted octanol–water partition coefficient (Wildman–Crippen LogP) is -6.91. The number of aliphatic hydroxyl groups excluding tert-OH is 6. The van der Waals surface area contributed by atoms with E-state index in [0.29, 0.717) is 31.0 Å². The van der Waals surface area contributed by atoms with Crippen molar-refractivity contribution in [2.75, 3.05) is 44.2 Å². The number of rotatable bonds is 14. The number of pyridine rings is 1. The van der Waals surface area contributed by atoms with Gasteiger partial charge in [0.25, 0.3) is 6.47 Å². The molecule has 4 saturated heterocycles. The number of carbonyl (C=O) groups is 1. The summed E-state index contributed by atoms with van der Waals surface area (Å²) in [5, 5.41) is 70.4. The minimum absolute atomic E-state index is 0. The minimum atomic E-state index is -1.48. The summed E-state index contributed by atoms with van der Waals surface area (Å²) in [6, 6.07) is -0.741. The van der Waals surface area contributed by atoms with Crippen LogP contribution in [0.25, 0.3) is 10.9 Å². The van der Waals surface area contributed by atoms with Gasteiger partial charge in [-0.25, -0.2) is 4.39 Å². The van der Waals surface area contributed by atoms with Crippen molar-refractivity contribution >= 4 is 23.1 Å². The van der Waals surface area contributed by atoms with Gasteiger partial charge in [0.1, 0.15) is 60.8 Å². The molecule has 1 aromatic carbocycles. The Kier molecular flexibility index (Phi) is 19.0. The topological polar surface area (TPSA) is 418 Å². The fourth-order valence-corrected chi connectivity index (χ4v) is 9.28. The molecule has 18 N–H and O–H groups in total. The van der Waals surface area contributed by atoms with Gasteiger partial charge in [-0.05, 0) is 37.5 Å². The van der Waals surface area contributed by atoms with Gasteiger partial charge in [0.2, 0.25) is 5.43 Å². The molecule has 9 rings (SSSR count). The number of benzene rings is 1. The van der Waals surface area contributed by atoms with Gasteiger partial charge in [0, 0.05) is 90.1 Å². The van der Waals surface area contributed by atoms with E-state index in [9.17, 15) is 40.2 Å². The Bertz CT molecular complexity index is 2270. The first-order valence-electron chi connectivity index (χ1n) is 23.0. The molecule has 27 nitrogen and oxygen atoms in total. The number of aromatic nitrogens is 4. The van der Waals surface area contributed by atoms with E-state index in [1.54, 1.807) is 23.1 Å². The molecule has 3 aromatic rings. The molecule has 393 valence electrons. The van der Waals surface area contributed by atoms with Crippen LogP contribution in [-0.4, -0.2) is 211 Å². The van der Waals surface area contributed by atoms with E-state index in [4.69, 9.17) is 67.6 Å². The van der Waals surface area contributed by atoms with E-state index in [1.165, 1.54) is 6.07 Å². The van der Waals surface area contributed by atoms with Crippen LogP contribution in [0.1, 0.15) is 25.3 Å². The standard InChI is InChI=1S/C22H43N6O12.C20H20FN6O3.Y/c23-2-7-13(30)16(33)10(27)20(36-7)38-9-4-35-22(15(9)32)40-19-12(29)5(25)1-6(26)18(19)39-21-11(28)17(34)14(31)8(3-24)37-21;21-16-9-15-17(27(14-1-2-14)11-19(20(15)29)30-13-28)10-18(16)25-7-5-24(6-8-25)12-26-4-3-22-23-26;/h4-22,29-34H,1-3,23-28H2;4,9-11,13-14H,1-2,5-8,12H2;/q2*-1;/t5-,6?,7+,8?,9+,10?,11?,12?,13-,14+,15?,16?,17-,18+,19-,20-,21+,22+;;/m1../s1. The summed E-state index contributed by atoms with van der Waals surface area (Å²) >= 11 is 0. The average Bonchev–Trinajstić information content (AvgIpc) is 3.97. The molecule has 4 aliphatic heterocycles. The normalized spacial score (nSPS) is 37.8. The Balaban J connectivity index is 0.000000213. The molecule has 18 atom stereocenters. The first kappa shape index (κ1) is 55.9. The maximum atomic E-state index is 15.0. The molecular weight excluding hydrogens is 1020 g/mol. The number of hydrogen-bond donors (Lipinski definition) is 12. The molecule has 2 aliphatic carbocycles. The quantitative estimate of drug-likeness (QED) is 0.0527. The number of hydrogen-bond acceptors (Lipinski definition) is 25. The van der Waals surface area contributed by atoms with E-state index in [1.807, 2.05) is 9.47 Å². The van der Waals surface area contributed by atoms with Crippen LogP contribution in [0.5, 0.6) is 5.75 Å². The summed E-state index contributed by atoms with van der Waals surface area (Å²) in [5.41, 5.74) is 36.2. The predicted molar refractivity (Wildman–Crippen MR) is 238 cm³/mol. The number of carbonyl (C=O) groups excluding carboxylic acids is 1. The first-order valence-corrected chi connectivity index (χ1v) is 23.0. The maximum Gasteiger partial charge on any atom is 0.298 e. The maximum absolute atomic E-state index is 15.0. The second-order valence-corrected chi connectivity index (χ2v) is 18.3. The van der Waals surface area contributed by atoms with Crippen molar-refractivity contribution in [3.8, 4) is 5.75 Å². The van der Waals surface area contributed by atoms with E-state index in [2.05, 4.69) is 21.4 Å². The third kappa shape index (κ3) is 12.1. The van der Waals surface area contributed by atoms with Gasteiger partial charge in [-0.15, -0.1) is 11.4 Å². The van der Waals surface area contributed by atoms with Gasteiger partial charge in [-0.1, -0.05) is 0 Å². The number of halogens is 1. The summed E-state index contributed by atoms with van der Waals surface area (Å²) < 4.78 is 57.7. The van der Waals surface area contributed by atoms with Crippen LogP contribution in [0.3, 0.4) is 0 Å². The van der Waals surface area contributed by atoms with Crippen LogP contribution in [0.4, 0.5) is 10.1 Å². The Hall–Kier alpha value is -2.89. The van der Waals surface area contributed by atoms with Gasteiger partial charge in [0.15, 0.2) is 24.6 Å². The first-order chi connectivity index (χ1) is 33.5. The molecule has 2 aromatic heterocycles. The van der Waals surface area contributed by atoms with Gasteiger partial charge < -0.3 is 119 Å². The van der Waals surface area contributed by atoms with Crippen molar-refractivity contribution in [2.24, 2.45) is 34.4 Å². The second-order valence-electron chi connectivity index (χ2n) is 18.3. The van der Waals surface area contributed by atoms with Crippen LogP contribution in [0.2, 0.25) is 0 Å². The van der Waals surface area contributed by atoms with Crippen molar-refractivity contribution in [3.63, 3.8) is 0 Å². The monoisotopic (exact) mass is 1080 g/mol. The van der Waals surface area contributed by atoms with Crippen molar-refractivity contribution in [1.82, 2.24) is 24.5 Å². The summed E-state index contributed by atoms with van der Waals surface area (Å²) in [6.45, 7) is 4.51. The zero-order valence-electron chi connectivity index (χ0n) is 38.5. The van der Waals surface area contributed by atoms with Crippen LogP contribution in [-0.2, 0) is 72.6 Å². The number of ether oxygens (including phenoxy) is 7. The van der Waals surface area contributed by atoms with Crippen LogP contribution in [0, 0.1) is 18.6 Å². The summed E-state index contributed by atoms with van der Waals surface area (Å²) in [5.74, 6) is -0.528. The average molecular weight is 1080 g/mol. The molecule has 71 heavy (non-hydrogen) atoms. The van der Waals surface area contributed by atoms with Crippen molar-refractivity contribution in [2.45, 2.75) is 142 Å². The fraction of sp³-hybridized carbons (Fsp3) is 0.690. The third-order valence-corrected chi connectivity index (χ3v) is 13.5. The van der Waals surface area contributed by atoms with E-state index < -0.39 is 121 Å². The third-order valence-electron chi connectivity index (χ3n) is 13.5. The zero-order valence-corrected chi connectivity index (χ0v) is 41.3. The molecule has 0 amide bonds. The Morgan fingerprint density at radius 2 is 1.44 bits per heavy atom. The number of piperazine rings is 1. The Morgan fingerprint density at radius 1 is 0.817 bits per heavy atom. The zero-order chi connectivity index (χ0) is 50.1. The summed E-state index contributed by atoms with van der Waals surface area (Å²) in [6.07, 6.45) is -9.74. The largest absolute Gasteiger partial charge is 0.525 e. The SMILES string of the molecule is NCC1O[C@@H](O[C@H]2C(N)C[C@@H](N)C(O)[C@H]2O[C@@H]2O[CH-][C@H](O[C@H]3O[C@@H](CN)[C@@H](O)C(O)C3N)C2O)C(N)[C@@H](O)[C@H]1O.O=COc1cn(C2CC2)c2cc(N3CCN(Cn4c[c-]nn4)CC3)c(F)cc2c1=O.[Y]. The number of nitrogens with two attached hydrogens (primary N) is 6. The van der Waals surface area contributed by atoms with Crippen LogP contribution >= 0.6 is 0 Å². The van der Waals surface area contributed by atoms with Crippen molar-refractivity contribution in [3.05, 3.63) is 53.4 Å². The van der Waals surface area contributed by atoms with Crippen molar-refractivity contribution < 1.29 is 106 Å². The summed E-state index contributed by atoms with van der Waals surface area (Å²) in [4.78, 5) is 27.6. The minimum Gasteiger partial charge on any atom is -0.525 e. The molecule has 1 radical (unpaired) electrons. The van der Waals surface area contributed by atoms with Gasteiger partial charge >= 0.3 is 0 Å².